The molecular formula is C17H14ClN3OS. The Bertz CT molecular complexity index is 868. The lowest BCUT2D eigenvalue weighted by Crippen LogP contribution is -2.34. The highest BCUT2D eigenvalue weighted by Crippen LogP contribution is 2.38. The van der Waals surface area contributed by atoms with Crippen LogP contribution in [0.2, 0.25) is 5.28 Å². The Morgan fingerprint density at radius 2 is 1.83 bits per heavy atom. The van der Waals surface area contributed by atoms with Crippen molar-refractivity contribution in [2.45, 2.75) is 12.8 Å². The van der Waals surface area contributed by atoms with E-state index in [1.807, 2.05) is 18.2 Å². The number of piperidine rings is 1. The molecule has 0 amide bonds. The molecule has 0 radical (unpaired) electrons. The van der Waals surface area contributed by atoms with Crippen molar-refractivity contribution in [2.75, 3.05) is 18.0 Å². The average Bonchev–Trinajstić information content (AvgIpc) is 2.99. The third-order valence-corrected chi connectivity index (χ3v) is 5.21. The van der Waals surface area contributed by atoms with Crippen molar-refractivity contribution < 1.29 is 4.79 Å². The standard InChI is InChI=1S/C17H14ClN3OS/c18-17-19-14-13(11-4-2-1-3-5-11)10-23-15(14)16(20-17)21-8-6-12(22)7-9-21/h1-5,10H,6-9H2. The lowest BCUT2D eigenvalue weighted by molar-refractivity contribution is -0.119. The molecule has 0 spiro atoms. The van der Waals surface area contributed by atoms with Crippen LogP contribution in [0.5, 0.6) is 0 Å². The minimum Gasteiger partial charge on any atom is -0.354 e. The van der Waals surface area contributed by atoms with Gasteiger partial charge in [-0.15, -0.1) is 11.3 Å². The molecule has 2 aromatic heterocycles. The monoisotopic (exact) mass is 343 g/mol. The van der Waals surface area contributed by atoms with Gasteiger partial charge >= 0.3 is 0 Å². The number of carbonyl (C=O) groups excluding carboxylic acids is 1. The van der Waals surface area contributed by atoms with Gasteiger partial charge in [-0.1, -0.05) is 30.3 Å². The quantitative estimate of drug-likeness (QED) is 0.655. The molecule has 1 saturated heterocycles. The number of ketones is 1. The topological polar surface area (TPSA) is 46.1 Å². The van der Waals surface area contributed by atoms with Gasteiger partial charge in [-0.2, -0.15) is 4.98 Å². The SMILES string of the molecule is O=C1CCN(c2nc(Cl)nc3c(-c4ccccc4)csc23)CC1. The van der Waals surface area contributed by atoms with Gasteiger partial charge in [0.05, 0.1) is 10.2 Å². The molecule has 3 aromatic rings. The van der Waals surface area contributed by atoms with Gasteiger partial charge in [0.2, 0.25) is 5.28 Å². The summed E-state index contributed by atoms with van der Waals surface area (Å²) in [4.78, 5) is 22.5. The Balaban J connectivity index is 1.84. The summed E-state index contributed by atoms with van der Waals surface area (Å²) in [5.74, 6) is 1.16. The van der Waals surface area contributed by atoms with Crippen LogP contribution in [0.15, 0.2) is 35.7 Å². The summed E-state index contributed by atoms with van der Waals surface area (Å²) < 4.78 is 1.03. The Labute approximate surface area is 142 Å². The molecule has 116 valence electrons. The highest BCUT2D eigenvalue weighted by atomic mass is 35.5. The maximum atomic E-state index is 11.5. The predicted octanol–water partition coefficient (Wildman–Crippen LogP) is 4.18. The maximum Gasteiger partial charge on any atom is 0.224 e. The summed E-state index contributed by atoms with van der Waals surface area (Å²) in [5.41, 5.74) is 3.07. The van der Waals surface area contributed by atoms with Gasteiger partial charge in [-0.05, 0) is 17.2 Å². The summed E-state index contributed by atoms with van der Waals surface area (Å²) >= 11 is 7.81. The van der Waals surface area contributed by atoms with E-state index in [9.17, 15) is 4.79 Å². The smallest absolute Gasteiger partial charge is 0.224 e. The summed E-state index contributed by atoms with van der Waals surface area (Å²) in [6, 6.07) is 10.2. The van der Waals surface area contributed by atoms with Crippen molar-refractivity contribution in [1.29, 1.82) is 0 Å². The van der Waals surface area contributed by atoms with Crippen LogP contribution >= 0.6 is 22.9 Å². The van der Waals surface area contributed by atoms with Gasteiger partial charge in [0.1, 0.15) is 5.78 Å². The molecule has 4 rings (SSSR count). The number of anilines is 1. The largest absolute Gasteiger partial charge is 0.354 e. The third kappa shape index (κ3) is 2.71. The summed E-state index contributed by atoms with van der Waals surface area (Å²) in [5, 5.41) is 2.35. The molecule has 1 aromatic carbocycles. The van der Waals surface area contributed by atoms with E-state index in [2.05, 4.69) is 32.4 Å². The number of thiophene rings is 1. The first-order valence-electron chi connectivity index (χ1n) is 7.49. The Hall–Kier alpha value is -1.98. The maximum absolute atomic E-state index is 11.5. The second-order valence-electron chi connectivity index (χ2n) is 5.54. The number of nitrogens with zero attached hydrogens (tertiary/aromatic N) is 3. The van der Waals surface area contributed by atoms with Gasteiger partial charge in [0.15, 0.2) is 5.82 Å². The number of fused-ring (bicyclic) bond motifs is 1. The number of aromatic nitrogens is 2. The molecule has 6 heteroatoms. The van der Waals surface area contributed by atoms with Gasteiger partial charge in [0.25, 0.3) is 0 Å². The molecule has 0 N–H and O–H groups in total. The van der Waals surface area contributed by atoms with Crippen LogP contribution in [0, 0.1) is 0 Å². The van der Waals surface area contributed by atoms with Crippen molar-refractivity contribution in [2.24, 2.45) is 0 Å². The number of hydrogen-bond acceptors (Lipinski definition) is 5. The van der Waals surface area contributed by atoms with Gasteiger partial charge in [0, 0.05) is 36.9 Å². The van der Waals surface area contributed by atoms with Crippen LogP contribution in [0.4, 0.5) is 5.82 Å². The predicted molar refractivity (Wildman–Crippen MR) is 94.3 cm³/mol. The number of rotatable bonds is 2. The number of benzene rings is 1. The van der Waals surface area contributed by atoms with Crippen molar-refractivity contribution in [1.82, 2.24) is 9.97 Å². The molecule has 0 aliphatic carbocycles. The van der Waals surface area contributed by atoms with Gasteiger partial charge in [-0.25, -0.2) is 4.98 Å². The fourth-order valence-corrected chi connectivity index (χ4v) is 4.08. The van der Waals surface area contributed by atoms with Crippen molar-refractivity contribution in [3.05, 3.63) is 41.0 Å². The molecule has 0 unspecified atom stereocenters. The molecule has 23 heavy (non-hydrogen) atoms. The van der Waals surface area contributed by atoms with E-state index in [4.69, 9.17) is 11.6 Å². The first-order chi connectivity index (χ1) is 11.2. The van der Waals surface area contributed by atoms with E-state index in [0.717, 1.165) is 27.2 Å². The average molecular weight is 344 g/mol. The highest BCUT2D eigenvalue weighted by Gasteiger charge is 2.22. The van der Waals surface area contributed by atoms with Crippen LogP contribution in [-0.4, -0.2) is 28.8 Å². The molecular weight excluding hydrogens is 330 g/mol. The Morgan fingerprint density at radius 3 is 2.57 bits per heavy atom. The fraction of sp³-hybridized carbons (Fsp3) is 0.235. The minimum atomic E-state index is 0.250. The molecule has 0 bridgehead atoms. The van der Waals surface area contributed by atoms with Crippen LogP contribution in [0.1, 0.15) is 12.8 Å². The first-order valence-corrected chi connectivity index (χ1v) is 8.75. The third-order valence-electron chi connectivity index (χ3n) is 4.08. The Morgan fingerprint density at radius 1 is 1.09 bits per heavy atom. The normalized spacial score (nSPS) is 15.3. The zero-order valence-corrected chi connectivity index (χ0v) is 13.9. The molecule has 1 fully saturated rings. The lowest BCUT2D eigenvalue weighted by Gasteiger charge is -2.27. The van der Waals surface area contributed by atoms with Crippen molar-refractivity contribution >= 4 is 44.8 Å². The first kappa shape index (κ1) is 14.6. The Kier molecular flexibility index (Phi) is 3.75. The number of carbonyl (C=O) groups is 1. The fourth-order valence-electron chi connectivity index (χ4n) is 2.88. The van der Waals surface area contributed by atoms with Crippen molar-refractivity contribution in [3.63, 3.8) is 0 Å². The van der Waals surface area contributed by atoms with E-state index in [1.165, 1.54) is 0 Å². The summed E-state index contributed by atoms with van der Waals surface area (Å²) in [7, 11) is 0. The summed E-state index contributed by atoms with van der Waals surface area (Å²) in [6.07, 6.45) is 1.14. The van der Waals surface area contributed by atoms with E-state index in [-0.39, 0.29) is 5.28 Å². The van der Waals surface area contributed by atoms with Gasteiger partial charge < -0.3 is 4.90 Å². The van der Waals surface area contributed by atoms with E-state index in [1.54, 1.807) is 11.3 Å². The molecule has 0 saturated carbocycles. The number of Topliss-reactive ketones (excluding diaryl/α,β-unsaturated/α-hetero) is 1. The summed E-state index contributed by atoms with van der Waals surface area (Å²) in [6.45, 7) is 1.39. The van der Waals surface area contributed by atoms with Crippen LogP contribution in [0.3, 0.4) is 0 Å². The minimum absolute atomic E-state index is 0.250. The molecule has 0 atom stereocenters. The van der Waals surface area contributed by atoms with Crippen LogP contribution in [-0.2, 0) is 4.79 Å². The molecule has 1 aliphatic rings. The van der Waals surface area contributed by atoms with Crippen molar-refractivity contribution in [3.8, 4) is 11.1 Å². The van der Waals surface area contributed by atoms with Gasteiger partial charge in [-0.3, -0.25) is 4.79 Å². The number of hydrogen-bond donors (Lipinski definition) is 0. The zero-order valence-electron chi connectivity index (χ0n) is 12.3. The molecule has 3 heterocycles. The van der Waals surface area contributed by atoms with Crippen LogP contribution < -0.4 is 4.90 Å². The van der Waals surface area contributed by atoms with E-state index < -0.39 is 0 Å². The second kappa shape index (κ2) is 5.91. The zero-order chi connectivity index (χ0) is 15.8. The molecule has 4 nitrogen and oxygen atoms in total. The lowest BCUT2D eigenvalue weighted by atomic mass is 10.1. The molecule has 1 aliphatic heterocycles. The van der Waals surface area contributed by atoms with E-state index >= 15 is 0 Å². The second-order valence-corrected chi connectivity index (χ2v) is 6.75. The van der Waals surface area contributed by atoms with E-state index in [0.29, 0.717) is 31.7 Å². The highest BCUT2D eigenvalue weighted by molar-refractivity contribution is 7.18. The number of halogens is 1. The van der Waals surface area contributed by atoms with Crippen LogP contribution in [0.25, 0.3) is 21.3 Å².